The van der Waals surface area contributed by atoms with Crippen molar-refractivity contribution in [1.29, 1.82) is 0 Å². The number of amides is 1. The minimum absolute atomic E-state index is 0.0736. The highest BCUT2D eigenvalue weighted by Crippen LogP contribution is 2.30. The highest BCUT2D eigenvalue weighted by molar-refractivity contribution is 7.99. The third-order valence-electron chi connectivity index (χ3n) is 4.18. The molecule has 0 bridgehead atoms. The van der Waals surface area contributed by atoms with Gasteiger partial charge < -0.3 is 14.6 Å². The Morgan fingerprint density at radius 3 is 2.74 bits per heavy atom. The van der Waals surface area contributed by atoms with Gasteiger partial charge >= 0.3 is 0 Å². The van der Waals surface area contributed by atoms with E-state index >= 15 is 0 Å². The summed E-state index contributed by atoms with van der Waals surface area (Å²) in [5.41, 5.74) is 3.85. The first-order valence-electron chi connectivity index (χ1n) is 8.52. The molecule has 0 saturated carbocycles. The number of ether oxygens (including phenoxy) is 1. The summed E-state index contributed by atoms with van der Waals surface area (Å²) in [5, 5.41) is 12.1. The zero-order valence-corrected chi connectivity index (χ0v) is 16.6. The van der Waals surface area contributed by atoms with Crippen molar-refractivity contribution in [3.05, 3.63) is 53.6 Å². The number of anilines is 1. The molecule has 3 aromatic rings. The average molecular weight is 382 g/mol. The summed E-state index contributed by atoms with van der Waals surface area (Å²) in [7, 11) is 3.51. The van der Waals surface area contributed by atoms with Crippen molar-refractivity contribution in [3.63, 3.8) is 0 Å². The number of methoxy groups -OCH3 is 1. The standard InChI is InChI=1S/C20H22N4O2S/c1-13-9-10-14(2)16(11-13)21-18(25)12-27-20-23-22-19(24(20)3)15-7-5-6-8-17(15)26-4/h5-11H,12H2,1-4H3,(H,21,25). The topological polar surface area (TPSA) is 69.0 Å². The largest absolute Gasteiger partial charge is 0.496 e. The molecule has 7 heteroatoms. The van der Waals surface area contributed by atoms with E-state index in [0.717, 1.165) is 28.1 Å². The summed E-state index contributed by atoms with van der Waals surface area (Å²) in [5.74, 6) is 1.61. The maximum atomic E-state index is 12.3. The van der Waals surface area contributed by atoms with Crippen LogP contribution in [0.15, 0.2) is 47.6 Å². The highest BCUT2D eigenvalue weighted by atomic mass is 32.2. The van der Waals surface area contributed by atoms with Crippen LogP contribution in [0.25, 0.3) is 11.4 Å². The van der Waals surface area contributed by atoms with Crippen molar-refractivity contribution < 1.29 is 9.53 Å². The first-order chi connectivity index (χ1) is 13.0. The monoisotopic (exact) mass is 382 g/mol. The molecule has 1 aromatic heterocycles. The Balaban J connectivity index is 1.69. The van der Waals surface area contributed by atoms with Gasteiger partial charge in [0, 0.05) is 12.7 Å². The van der Waals surface area contributed by atoms with Crippen LogP contribution < -0.4 is 10.1 Å². The van der Waals surface area contributed by atoms with E-state index < -0.39 is 0 Å². The van der Waals surface area contributed by atoms with Gasteiger partial charge in [-0.3, -0.25) is 4.79 Å². The highest BCUT2D eigenvalue weighted by Gasteiger charge is 2.16. The van der Waals surface area contributed by atoms with Crippen molar-refractivity contribution in [3.8, 4) is 17.1 Å². The Kier molecular flexibility index (Phi) is 5.81. The molecule has 0 fully saturated rings. The summed E-state index contributed by atoms with van der Waals surface area (Å²) in [4.78, 5) is 12.3. The van der Waals surface area contributed by atoms with Crippen LogP contribution in [0.5, 0.6) is 5.75 Å². The fourth-order valence-corrected chi connectivity index (χ4v) is 3.40. The van der Waals surface area contributed by atoms with Crippen molar-refractivity contribution in [2.75, 3.05) is 18.2 Å². The number of para-hydroxylation sites is 1. The van der Waals surface area contributed by atoms with Crippen molar-refractivity contribution in [2.24, 2.45) is 7.05 Å². The van der Waals surface area contributed by atoms with Crippen LogP contribution >= 0.6 is 11.8 Å². The van der Waals surface area contributed by atoms with E-state index in [-0.39, 0.29) is 11.7 Å². The van der Waals surface area contributed by atoms with E-state index in [0.29, 0.717) is 11.0 Å². The maximum Gasteiger partial charge on any atom is 0.234 e. The van der Waals surface area contributed by atoms with Crippen molar-refractivity contribution >= 4 is 23.4 Å². The Hall–Kier alpha value is -2.80. The molecule has 1 N–H and O–H groups in total. The molecule has 0 radical (unpaired) electrons. The molecule has 0 saturated heterocycles. The van der Waals surface area contributed by atoms with Crippen LogP contribution in [0.1, 0.15) is 11.1 Å². The molecular formula is C20H22N4O2S. The fraction of sp³-hybridized carbons (Fsp3) is 0.250. The SMILES string of the molecule is COc1ccccc1-c1nnc(SCC(=O)Nc2cc(C)ccc2C)n1C. The second-order valence-electron chi connectivity index (χ2n) is 6.22. The van der Waals surface area contributed by atoms with E-state index in [1.54, 1.807) is 7.11 Å². The third kappa shape index (κ3) is 4.31. The van der Waals surface area contributed by atoms with Gasteiger partial charge in [0.1, 0.15) is 5.75 Å². The summed E-state index contributed by atoms with van der Waals surface area (Å²) >= 11 is 1.35. The molecule has 3 rings (SSSR count). The van der Waals surface area contributed by atoms with Gasteiger partial charge in [-0.25, -0.2) is 0 Å². The molecule has 0 atom stereocenters. The lowest BCUT2D eigenvalue weighted by molar-refractivity contribution is -0.113. The smallest absolute Gasteiger partial charge is 0.234 e. The van der Waals surface area contributed by atoms with E-state index in [1.165, 1.54) is 11.8 Å². The van der Waals surface area contributed by atoms with E-state index in [1.807, 2.05) is 67.9 Å². The molecule has 6 nitrogen and oxygen atoms in total. The van der Waals surface area contributed by atoms with Crippen LogP contribution in [0.3, 0.4) is 0 Å². The van der Waals surface area contributed by atoms with Crippen LogP contribution in [-0.2, 0) is 11.8 Å². The van der Waals surface area contributed by atoms with Gasteiger partial charge in [0.2, 0.25) is 5.91 Å². The molecular weight excluding hydrogens is 360 g/mol. The molecule has 0 aliphatic rings. The van der Waals surface area contributed by atoms with E-state index in [4.69, 9.17) is 4.74 Å². The Morgan fingerprint density at radius 1 is 1.19 bits per heavy atom. The number of aryl methyl sites for hydroxylation is 2. The summed E-state index contributed by atoms with van der Waals surface area (Å²) < 4.78 is 7.27. The number of thioether (sulfide) groups is 1. The maximum absolute atomic E-state index is 12.3. The molecule has 27 heavy (non-hydrogen) atoms. The predicted molar refractivity (Wildman–Crippen MR) is 108 cm³/mol. The Morgan fingerprint density at radius 2 is 1.96 bits per heavy atom. The quantitative estimate of drug-likeness (QED) is 0.656. The number of hydrogen-bond donors (Lipinski definition) is 1. The lowest BCUT2D eigenvalue weighted by atomic mass is 10.1. The zero-order chi connectivity index (χ0) is 19.4. The van der Waals surface area contributed by atoms with Gasteiger partial charge in [-0.15, -0.1) is 10.2 Å². The fourth-order valence-electron chi connectivity index (χ4n) is 2.69. The van der Waals surface area contributed by atoms with Gasteiger partial charge in [0.15, 0.2) is 11.0 Å². The van der Waals surface area contributed by atoms with Gasteiger partial charge in [0.05, 0.1) is 18.4 Å². The molecule has 0 spiro atoms. The van der Waals surface area contributed by atoms with Gasteiger partial charge in [0.25, 0.3) is 0 Å². The zero-order valence-electron chi connectivity index (χ0n) is 15.8. The summed E-state index contributed by atoms with van der Waals surface area (Å²) in [6.07, 6.45) is 0. The number of nitrogens with zero attached hydrogens (tertiary/aromatic N) is 3. The number of carbonyl (C=O) groups excluding carboxylic acids is 1. The lowest BCUT2D eigenvalue weighted by Gasteiger charge is -2.10. The normalized spacial score (nSPS) is 10.7. The van der Waals surface area contributed by atoms with Crippen LogP contribution in [-0.4, -0.2) is 33.5 Å². The van der Waals surface area contributed by atoms with Crippen LogP contribution in [0.4, 0.5) is 5.69 Å². The first kappa shape index (κ1) is 19.0. The number of nitrogens with one attached hydrogen (secondary N) is 1. The van der Waals surface area contributed by atoms with E-state index in [2.05, 4.69) is 15.5 Å². The average Bonchev–Trinajstić information content (AvgIpc) is 3.03. The molecule has 1 heterocycles. The second kappa shape index (κ2) is 8.26. The molecule has 0 aliphatic heterocycles. The number of rotatable bonds is 6. The molecule has 0 aliphatic carbocycles. The Labute approximate surface area is 163 Å². The molecule has 140 valence electrons. The van der Waals surface area contributed by atoms with Gasteiger partial charge in [-0.05, 0) is 43.2 Å². The van der Waals surface area contributed by atoms with Gasteiger partial charge in [-0.1, -0.05) is 36.0 Å². The van der Waals surface area contributed by atoms with Gasteiger partial charge in [-0.2, -0.15) is 0 Å². The number of benzene rings is 2. The van der Waals surface area contributed by atoms with Crippen molar-refractivity contribution in [2.45, 2.75) is 19.0 Å². The third-order valence-corrected chi connectivity index (χ3v) is 5.20. The summed E-state index contributed by atoms with van der Waals surface area (Å²) in [6.45, 7) is 3.98. The summed E-state index contributed by atoms with van der Waals surface area (Å²) in [6, 6.07) is 13.7. The molecule has 2 aromatic carbocycles. The molecule has 1 amide bonds. The van der Waals surface area contributed by atoms with Crippen LogP contribution in [0, 0.1) is 13.8 Å². The minimum atomic E-state index is -0.0736. The first-order valence-corrected chi connectivity index (χ1v) is 9.51. The lowest BCUT2D eigenvalue weighted by Crippen LogP contribution is -2.15. The number of hydrogen-bond acceptors (Lipinski definition) is 5. The second-order valence-corrected chi connectivity index (χ2v) is 7.16. The van der Waals surface area contributed by atoms with Crippen molar-refractivity contribution in [1.82, 2.24) is 14.8 Å². The number of carbonyl (C=O) groups is 1. The van der Waals surface area contributed by atoms with E-state index in [9.17, 15) is 4.79 Å². The molecule has 0 unspecified atom stereocenters. The minimum Gasteiger partial charge on any atom is -0.496 e. The Bertz CT molecular complexity index is 968. The number of aromatic nitrogens is 3. The van der Waals surface area contributed by atoms with Crippen LogP contribution in [0.2, 0.25) is 0 Å². The predicted octanol–water partition coefficient (Wildman–Crippen LogP) is 3.84.